The Hall–Kier alpha value is -1.28. The number of hydrogen-bond donors (Lipinski definition) is 3. The molecule has 7 nitrogen and oxygen atoms in total. The van der Waals surface area contributed by atoms with Crippen LogP contribution in [0.4, 0.5) is 0 Å². The summed E-state index contributed by atoms with van der Waals surface area (Å²) in [4.78, 5) is 12.8. The van der Waals surface area contributed by atoms with Crippen molar-refractivity contribution < 1.29 is 9.90 Å². The molecule has 1 aromatic heterocycles. The van der Waals surface area contributed by atoms with Crippen LogP contribution in [-0.4, -0.2) is 43.9 Å². The number of carboxylic acids is 1. The molecule has 20 heavy (non-hydrogen) atoms. The second-order valence-corrected chi connectivity index (χ2v) is 6.31. The maximum atomic E-state index is 11.1. The number of nitrogens with one attached hydrogen (secondary N) is 2. The van der Waals surface area contributed by atoms with Crippen LogP contribution in [0.2, 0.25) is 0 Å². The summed E-state index contributed by atoms with van der Waals surface area (Å²) in [7, 11) is 0. The molecule has 1 aliphatic carbocycles. The lowest BCUT2D eigenvalue weighted by atomic mass is 9.69. The number of aromatic nitrogens is 4. The molecule has 2 aliphatic rings. The van der Waals surface area contributed by atoms with E-state index in [1.165, 1.54) is 0 Å². The lowest BCUT2D eigenvalue weighted by molar-refractivity contribution is -0.141. The minimum atomic E-state index is -0.731. The maximum Gasteiger partial charge on any atom is 0.320 e. The van der Waals surface area contributed by atoms with Crippen LogP contribution >= 0.6 is 12.2 Å². The van der Waals surface area contributed by atoms with Gasteiger partial charge in [-0.3, -0.25) is 9.89 Å². The quantitative estimate of drug-likeness (QED) is 0.715. The number of nitrogens with zero attached hydrogens (tertiary/aromatic N) is 3. The fraction of sp³-hybridized carbons (Fsp3) is 0.833. The Morgan fingerprint density at radius 3 is 2.95 bits per heavy atom. The van der Waals surface area contributed by atoms with Crippen LogP contribution in [0.3, 0.4) is 0 Å². The molecule has 1 saturated heterocycles. The molecule has 4 atom stereocenters. The number of piperidine rings is 1. The monoisotopic (exact) mass is 297 g/mol. The van der Waals surface area contributed by atoms with Crippen LogP contribution in [0.1, 0.15) is 25.7 Å². The Balaban J connectivity index is 1.61. The van der Waals surface area contributed by atoms with Crippen molar-refractivity contribution in [2.24, 2.45) is 17.8 Å². The minimum absolute atomic E-state index is 0.382. The third-order valence-corrected chi connectivity index (χ3v) is 4.78. The first-order chi connectivity index (χ1) is 9.61. The fourth-order valence-corrected chi connectivity index (χ4v) is 3.73. The first kappa shape index (κ1) is 13.7. The van der Waals surface area contributed by atoms with Crippen molar-refractivity contribution in [1.29, 1.82) is 0 Å². The SMILES string of the molecule is O=C(O)[C@@H]1C[C@H]2C[C@@H](Cn3nnc(=S)[nH]3)CC[C@H]2CN1. The van der Waals surface area contributed by atoms with Gasteiger partial charge in [0.15, 0.2) is 0 Å². The van der Waals surface area contributed by atoms with Gasteiger partial charge in [-0.15, -0.1) is 0 Å². The zero-order valence-electron chi connectivity index (χ0n) is 11.2. The normalized spacial score (nSPS) is 33.6. The van der Waals surface area contributed by atoms with Gasteiger partial charge in [0, 0.05) is 0 Å². The number of aromatic amines is 1. The van der Waals surface area contributed by atoms with Gasteiger partial charge < -0.3 is 10.4 Å². The molecule has 0 aromatic carbocycles. The molecule has 3 N–H and O–H groups in total. The highest BCUT2D eigenvalue weighted by Gasteiger charge is 2.37. The van der Waals surface area contributed by atoms with Crippen molar-refractivity contribution in [2.75, 3.05) is 6.54 Å². The largest absolute Gasteiger partial charge is 0.480 e. The van der Waals surface area contributed by atoms with Gasteiger partial charge in [-0.25, -0.2) is 0 Å². The van der Waals surface area contributed by atoms with E-state index in [-0.39, 0.29) is 6.04 Å². The molecule has 0 amide bonds. The van der Waals surface area contributed by atoms with Gasteiger partial charge in [0.05, 0.1) is 6.54 Å². The van der Waals surface area contributed by atoms with E-state index in [4.69, 9.17) is 17.3 Å². The van der Waals surface area contributed by atoms with E-state index in [0.29, 0.717) is 22.5 Å². The van der Waals surface area contributed by atoms with Crippen LogP contribution in [-0.2, 0) is 11.3 Å². The average Bonchev–Trinajstić information content (AvgIpc) is 2.83. The van der Waals surface area contributed by atoms with E-state index in [1.54, 1.807) is 4.80 Å². The molecule has 1 saturated carbocycles. The van der Waals surface area contributed by atoms with Crippen molar-refractivity contribution in [1.82, 2.24) is 25.5 Å². The number of carboxylic acid groups (broad SMARTS) is 1. The van der Waals surface area contributed by atoms with Crippen molar-refractivity contribution >= 4 is 18.2 Å². The first-order valence-corrected chi connectivity index (χ1v) is 7.48. The number of tetrazole rings is 1. The van der Waals surface area contributed by atoms with E-state index < -0.39 is 5.97 Å². The van der Waals surface area contributed by atoms with Gasteiger partial charge in [0.2, 0.25) is 4.77 Å². The predicted octanol–water partition coefficient (Wildman–Crippen LogP) is 0.815. The Kier molecular flexibility index (Phi) is 3.84. The highest BCUT2D eigenvalue weighted by Crippen LogP contribution is 2.38. The molecule has 3 rings (SSSR count). The third-order valence-electron chi connectivity index (χ3n) is 4.61. The van der Waals surface area contributed by atoms with Gasteiger partial charge in [0.25, 0.3) is 0 Å². The van der Waals surface area contributed by atoms with E-state index in [0.717, 1.165) is 38.8 Å². The number of rotatable bonds is 3. The predicted molar refractivity (Wildman–Crippen MR) is 73.6 cm³/mol. The molecular formula is C12H19N5O2S. The topological polar surface area (TPSA) is 95.8 Å². The van der Waals surface area contributed by atoms with E-state index in [9.17, 15) is 4.79 Å². The van der Waals surface area contributed by atoms with Gasteiger partial charge in [-0.2, -0.15) is 4.80 Å². The maximum absolute atomic E-state index is 11.1. The summed E-state index contributed by atoms with van der Waals surface area (Å²) >= 11 is 4.91. The van der Waals surface area contributed by atoms with Gasteiger partial charge in [0.1, 0.15) is 6.04 Å². The molecular weight excluding hydrogens is 278 g/mol. The zero-order chi connectivity index (χ0) is 14.1. The standard InChI is InChI=1S/C12H19N5O2S/c18-11(19)10-4-9-3-7(1-2-8(9)5-13-10)6-17-15-12(20)14-16-17/h7-10,13H,1-6H2,(H,15,20)(H,18,19)/t7-,8-,9+,10-/m0/s1. The Morgan fingerprint density at radius 2 is 2.25 bits per heavy atom. The van der Waals surface area contributed by atoms with Crippen molar-refractivity contribution in [3.63, 3.8) is 0 Å². The van der Waals surface area contributed by atoms with E-state index in [1.807, 2.05) is 0 Å². The van der Waals surface area contributed by atoms with Crippen LogP contribution in [0.5, 0.6) is 0 Å². The average molecular weight is 297 g/mol. The second-order valence-electron chi connectivity index (χ2n) is 5.92. The van der Waals surface area contributed by atoms with Crippen molar-refractivity contribution in [3.05, 3.63) is 4.77 Å². The summed E-state index contributed by atoms with van der Waals surface area (Å²) in [5, 5.41) is 22.9. The summed E-state index contributed by atoms with van der Waals surface area (Å²) in [6.07, 6.45) is 4.12. The van der Waals surface area contributed by atoms with Gasteiger partial charge in [-0.05, 0) is 67.4 Å². The van der Waals surface area contributed by atoms with Crippen LogP contribution < -0.4 is 5.32 Å². The number of fused-ring (bicyclic) bond motifs is 1. The summed E-state index contributed by atoms with van der Waals surface area (Å²) in [6.45, 7) is 1.62. The van der Waals surface area contributed by atoms with Crippen molar-refractivity contribution in [3.8, 4) is 0 Å². The fourth-order valence-electron chi connectivity index (χ4n) is 3.59. The molecule has 0 radical (unpaired) electrons. The Bertz CT molecular complexity index is 542. The van der Waals surface area contributed by atoms with Crippen LogP contribution in [0, 0.1) is 22.5 Å². The number of H-pyrrole nitrogens is 1. The number of hydrogen-bond acceptors (Lipinski definition) is 5. The van der Waals surface area contributed by atoms with Gasteiger partial charge >= 0.3 is 5.97 Å². The highest BCUT2D eigenvalue weighted by molar-refractivity contribution is 7.71. The lowest BCUT2D eigenvalue weighted by Crippen LogP contribution is -2.49. The molecule has 1 aliphatic heterocycles. The summed E-state index contributed by atoms with van der Waals surface area (Å²) in [5.74, 6) is 0.917. The number of aliphatic carboxylic acids is 1. The summed E-state index contributed by atoms with van der Waals surface area (Å²) < 4.78 is 0.409. The van der Waals surface area contributed by atoms with Crippen molar-refractivity contribution in [2.45, 2.75) is 38.3 Å². The third kappa shape index (κ3) is 2.90. The van der Waals surface area contributed by atoms with E-state index in [2.05, 4.69) is 20.7 Å². The molecule has 8 heteroatoms. The Morgan fingerprint density at radius 1 is 1.40 bits per heavy atom. The molecule has 2 fully saturated rings. The molecule has 0 spiro atoms. The molecule has 1 aromatic rings. The minimum Gasteiger partial charge on any atom is -0.480 e. The smallest absolute Gasteiger partial charge is 0.320 e. The lowest BCUT2D eigenvalue weighted by Gasteiger charge is -2.41. The second kappa shape index (κ2) is 5.61. The molecule has 0 unspecified atom stereocenters. The first-order valence-electron chi connectivity index (χ1n) is 7.08. The number of carbonyl (C=O) groups is 1. The zero-order valence-corrected chi connectivity index (χ0v) is 12.0. The van der Waals surface area contributed by atoms with Crippen LogP contribution in [0.15, 0.2) is 0 Å². The van der Waals surface area contributed by atoms with Gasteiger partial charge in [-0.1, -0.05) is 5.10 Å². The molecule has 2 heterocycles. The van der Waals surface area contributed by atoms with E-state index >= 15 is 0 Å². The van der Waals surface area contributed by atoms with Crippen LogP contribution in [0.25, 0.3) is 0 Å². The Labute approximate surface area is 121 Å². The molecule has 110 valence electrons. The highest BCUT2D eigenvalue weighted by atomic mass is 32.1. The molecule has 0 bridgehead atoms. The summed E-state index contributed by atoms with van der Waals surface area (Å²) in [6, 6.07) is -0.382. The summed E-state index contributed by atoms with van der Waals surface area (Å²) in [5.41, 5.74) is 0.